The van der Waals surface area contributed by atoms with Crippen molar-refractivity contribution in [3.8, 4) is 0 Å². The molecule has 8 nitrogen and oxygen atoms in total. The summed E-state index contributed by atoms with van der Waals surface area (Å²) in [4.78, 5) is 38.5. The maximum atomic E-state index is 13.5. The molecule has 0 fully saturated rings. The molecule has 0 aliphatic carbocycles. The first kappa shape index (κ1) is 22.0. The highest BCUT2D eigenvalue weighted by molar-refractivity contribution is 6.43. The van der Waals surface area contributed by atoms with Crippen LogP contribution in [0.3, 0.4) is 0 Å². The van der Waals surface area contributed by atoms with E-state index in [1.54, 1.807) is 20.9 Å². The number of rotatable bonds is 5. The zero-order valence-corrected chi connectivity index (χ0v) is 18.0. The Hall–Kier alpha value is -4.21. The van der Waals surface area contributed by atoms with Crippen molar-refractivity contribution in [3.63, 3.8) is 0 Å². The molecule has 4 N–H and O–H groups in total. The third-order valence-electron chi connectivity index (χ3n) is 5.56. The molecule has 1 aliphatic rings. The third kappa shape index (κ3) is 4.02. The number of ketones is 1. The lowest BCUT2D eigenvalue weighted by atomic mass is 10.0. The van der Waals surface area contributed by atoms with E-state index in [2.05, 4.69) is 21.3 Å². The molecule has 0 saturated heterocycles. The minimum Gasteiger partial charge on any atom is -0.347 e. The number of anilines is 3. The highest BCUT2D eigenvalue weighted by atomic mass is 19.2. The zero-order valence-electron chi connectivity index (χ0n) is 18.0. The first-order chi connectivity index (χ1) is 15.7. The van der Waals surface area contributed by atoms with Gasteiger partial charge in [0.2, 0.25) is 0 Å². The molecule has 0 spiro atoms. The number of hydrogen-bond acceptors (Lipinski definition) is 5. The Kier molecular flexibility index (Phi) is 5.59. The van der Waals surface area contributed by atoms with Gasteiger partial charge in [-0.15, -0.1) is 0 Å². The van der Waals surface area contributed by atoms with Crippen molar-refractivity contribution >= 4 is 34.7 Å². The number of Topliss-reactive ketones (excluding diaryl/α,β-unsaturated/α-hetero) is 1. The lowest BCUT2D eigenvalue weighted by molar-refractivity contribution is -0.117. The fourth-order valence-electron chi connectivity index (χ4n) is 3.86. The van der Waals surface area contributed by atoms with Crippen LogP contribution in [-0.2, 0) is 11.8 Å². The van der Waals surface area contributed by atoms with Crippen molar-refractivity contribution in [2.75, 3.05) is 16.0 Å². The lowest BCUT2D eigenvalue weighted by Crippen LogP contribution is -2.46. The molecule has 2 aromatic carbocycles. The minimum absolute atomic E-state index is 0.0562. The molecular weight excluding hydrogens is 432 g/mol. The summed E-state index contributed by atoms with van der Waals surface area (Å²) >= 11 is 0. The summed E-state index contributed by atoms with van der Waals surface area (Å²) in [5, 5.41) is 11.2. The van der Waals surface area contributed by atoms with Gasteiger partial charge in [-0.3, -0.25) is 14.4 Å². The van der Waals surface area contributed by atoms with Crippen molar-refractivity contribution in [1.82, 2.24) is 9.88 Å². The average molecular weight is 453 g/mol. The number of benzene rings is 2. The summed E-state index contributed by atoms with van der Waals surface area (Å²) < 4.78 is 28.1. The van der Waals surface area contributed by atoms with Gasteiger partial charge in [-0.2, -0.15) is 0 Å². The van der Waals surface area contributed by atoms with Crippen molar-refractivity contribution in [3.05, 3.63) is 76.6 Å². The topological polar surface area (TPSA) is 104 Å². The second-order valence-electron chi connectivity index (χ2n) is 7.65. The Morgan fingerprint density at radius 1 is 0.970 bits per heavy atom. The molecular formula is C23H21F2N5O3. The smallest absolute Gasteiger partial charge is 0.295 e. The molecule has 2 heterocycles. The molecule has 2 amide bonds. The second-order valence-corrected chi connectivity index (χ2v) is 7.65. The van der Waals surface area contributed by atoms with E-state index < -0.39 is 35.5 Å². The van der Waals surface area contributed by atoms with Gasteiger partial charge in [-0.25, -0.2) is 8.78 Å². The van der Waals surface area contributed by atoms with Crippen LogP contribution in [0.2, 0.25) is 0 Å². The Balaban J connectivity index is 1.53. The normalized spacial score (nSPS) is 12.5. The predicted octanol–water partition coefficient (Wildman–Crippen LogP) is 3.29. The molecule has 0 unspecified atom stereocenters. The van der Waals surface area contributed by atoms with Gasteiger partial charge in [-0.1, -0.05) is 12.1 Å². The lowest BCUT2D eigenvalue weighted by Gasteiger charge is -2.14. The SMILES string of the molecule is Cc1c(C(=O)C(=O)NC2Nc3ccccc3N2)c(C)n(C)c1C(=O)Nc1ccc(F)c(F)c1. The first-order valence-electron chi connectivity index (χ1n) is 10.1. The summed E-state index contributed by atoms with van der Waals surface area (Å²) in [5.74, 6) is -4.41. The highest BCUT2D eigenvalue weighted by Gasteiger charge is 2.30. The van der Waals surface area contributed by atoms with Crippen LogP contribution in [0.15, 0.2) is 42.5 Å². The second kappa shape index (κ2) is 8.38. The highest BCUT2D eigenvalue weighted by Crippen LogP contribution is 2.27. The van der Waals surface area contributed by atoms with Crippen LogP contribution in [-0.4, -0.2) is 28.5 Å². The maximum absolute atomic E-state index is 13.5. The van der Waals surface area contributed by atoms with Crippen LogP contribution in [0.4, 0.5) is 25.8 Å². The molecule has 1 aromatic heterocycles. The van der Waals surface area contributed by atoms with Gasteiger partial charge >= 0.3 is 0 Å². The largest absolute Gasteiger partial charge is 0.347 e. The Morgan fingerprint density at radius 3 is 2.21 bits per heavy atom. The molecule has 3 aromatic rings. The maximum Gasteiger partial charge on any atom is 0.295 e. The predicted molar refractivity (Wildman–Crippen MR) is 119 cm³/mol. The summed E-state index contributed by atoms with van der Waals surface area (Å²) in [7, 11) is 1.58. The average Bonchev–Trinajstić information content (AvgIpc) is 3.27. The molecule has 0 saturated carbocycles. The summed E-state index contributed by atoms with van der Waals surface area (Å²) in [6.07, 6.45) is -0.667. The fourth-order valence-corrected chi connectivity index (χ4v) is 3.86. The number of aromatic nitrogens is 1. The Labute approximate surface area is 188 Å². The van der Waals surface area contributed by atoms with Crippen molar-refractivity contribution in [2.24, 2.45) is 7.05 Å². The van der Waals surface area contributed by atoms with E-state index in [0.29, 0.717) is 11.3 Å². The van der Waals surface area contributed by atoms with Crippen molar-refractivity contribution in [1.29, 1.82) is 0 Å². The van der Waals surface area contributed by atoms with E-state index in [0.717, 1.165) is 23.5 Å². The fraction of sp³-hybridized carbons (Fsp3) is 0.174. The summed E-state index contributed by atoms with van der Waals surface area (Å²) in [5.41, 5.74) is 2.57. The molecule has 33 heavy (non-hydrogen) atoms. The quantitative estimate of drug-likeness (QED) is 0.351. The molecule has 0 radical (unpaired) electrons. The van der Waals surface area contributed by atoms with Crippen LogP contribution < -0.4 is 21.3 Å². The number of nitrogens with one attached hydrogen (secondary N) is 4. The number of halogens is 2. The van der Waals surface area contributed by atoms with Crippen molar-refractivity contribution < 1.29 is 23.2 Å². The van der Waals surface area contributed by atoms with Crippen LogP contribution >= 0.6 is 0 Å². The molecule has 10 heteroatoms. The van der Waals surface area contributed by atoms with E-state index in [-0.39, 0.29) is 16.9 Å². The van der Waals surface area contributed by atoms with Crippen molar-refractivity contribution in [2.45, 2.75) is 20.1 Å². The summed E-state index contributed by atoms with van der Waals surface area (Å²) in [6, 6.07) is 10.3. The number of carbonyl (C=O) groups excluding carboxylic acids is 3. The minimum atomic E-state index is -1.10. The number of amides is 2. The van der Waals surface area contributed by atoms with Gasteiger partial charge in [-0.05, 0) is 43.7 Å². The van der Waals surface area contributed by atoms with E-state index in [1.165, 1.54) is 10.6 Å². The van der Waals surface area contributed by atoms with Gasteiger partial charge in [0.05, 0.1) is 16.9 Å². The number of fused-ring (bicyclic) bond motifs is 1. The van der Waals surface area contributed by atoms with Gasteiger partial charge in [0.25, 0.3) is 17.6 Å². The third-order valence-corrected chi connectivity index (χ3v) is 5.56. The molecule has 170 valence electrons. The molecule has 1 aliphatic heterocycles. The molecule has 4 rings (SSSR count). The van der Waals surface area contributed by atoms with Gasteiger partial charge < -0.3 is 25.8 Å². The number of para-hydroxylation sites is 2. The first-order valence-corrected chi connectivity index (χ1v) is 10.1. The standard InChI is InChI=1S/C23H21F2N5O3/c1-11-18(20(31)22(33)29-23-27-16-6-4-5-7-17(16)28-23)12(2)30(3)19(11)21(32)26-13-8-9-14(24)15(25)10-13/h4-10,23,27-28H,1-3H3,(H,26,32)(H,29,33). The van der Waals surface area contributed by atoms with Gasteiger partial charge in [0, 0.05) is 24.5 Å². The van der Waals surface area contributed by atoms with Gasteiger partial charge in [0.15, 0.2) is 17.9 Å². The number of carbonyl (C=O) groups is 3. The van der Waals surface area contributed by atoms with E-state index in [1.807, 2.05) is 24.3 Å². The van der Waals surface area contributed by atoms with Gasteiger partial charge in [0.1, 0.15) is 5.69 Å². The van der Waals surface area contributed by atoms with E-state index >= 15 is 0 Å². The summed E-state index contributed by atoms with van der Waals surface area (Å²) in [6.45, 7) is 3.17. The Morgan fingerprint density at radius 2 is 1.61 bits per heavy atom. The number of hydrogen-bond donors (Lipinski definition) is 4. The monoisotopic (exact) mass is 453 g/mol. The number of nitrogens with zero attached hydrogens (tertiary/aromatic N) is 1. The molecule has 0 bridgehead atoms. The Bertz CT molecular complexity index is 1280. The van der Waals surface area contributed by atoms with E-state index in [4.69, 9.17) is 0 Å². The van der Waals surface area contributed by atoms with Crippen LogP contribution in [0.1, 0.15) is 32.1 Å². The van der Waals surface area contributed by atoms with E-state index in [9.17, 15) is 23.2 Å². The van der Waals surface area contributed by atoms with Crippen LogP contribution in [0.5, 0.6) is 0 Å². The van der Waals surface area contributed by atoms with Crippen LogP contribution in [0.25, 0.3) is 0 Å². The van der Waals surface area contributed by atoms with Crippen LogP contribution in [0, 0.1) is 25.5 Å². The zero-order chi connectivity index (χ0) is 23.9. The molecule has 0 atom stereocenters.